The second kappa shape index (κ2) is 7.06. The van der Waals surface area contributed by atoms with Crippen LogP contribution < -0.4 is 0 Å². The molecule has 1 amide bonds. The number of halogens is 3. The molecule has 4 rings (SSSR count). The van der Waals surface area contributed by atoms with Crippen LogP contribution in [0.2, 0.25) is 0 Å². The number of benzene rings is 1. The minimum atomic E-state index is -2.93. The van der Waals surface area contributed by atoms with Gasteiger partial charge < -0.3 is 4.90 Å². The van der Waals surface area contributed by atoms with Gasteiger partial charge in [0.1, 0.15) is 17.9 Å². The van der Waals surface area contributed by atoms with E-state index >= 15 is 0 Å². The predicted octanol–water partition coefficient (Wildman–Crippen LogP) is 2.98. The van der Waals surface area contributed by atoms with E-state index in [2.05, 4.69) is 10.1 Å². The number of nitrogens with zero attached hydrogens (tertiary/aromatic N) is 4. The monoisotopic (exact) mass is 388 g/mol. The molecule has 1 fully saturated rings. The van der Waals surface area contributed by atoms with E-state index in [1.165, 1.54) is 28.0 Å². The smallest absolute Gasteiger partial charge is 0.266 e. The van der Waals surface area contributed by atoms with E-state index in [-0.39, 0.29) is 24.8 Å². The minimum absolute atomic E-state index is 0.0220. The van der Waals surface area contributed by atoms with Gasteiger partial charge in [0.05, 0.1) is 23.8 Å². The number of pyridine rings is 1. The second-order valence-electron chi connectivity index (χ2n) is 6.57. The van der Waals surface area contributed by atoms with E-state index in [0.29, 0.717) is 35.1 Å². The highest BCUT2D eigenvalue weighted by atomic mass is 19.3. The molecule has 1 aliphatic rings. The Morgan fingerprint density at radius 3 is 2.71 bits per heavy atom. The van der Waals surface area contributed by atoms with E-state index in [4.69, 9.17) is 0 Å². The van der Waals surface area contributed by atoms with Gasteiger partial charge in [-0.05, 0) is 23.8 Å². The summed E-state index contributed by atoms with van der Waals surface area (Å²) < 4.78 is 40.9. The molecule has 0 atom stereocenters. The standard InChI is InChI=1S/C19H15F3N4O2/c20-15-2-1-11(5-14(15)19(21)22)12-6-17-16(23-7-12)8-24-26(17)10-18(28)25-4-3-13(27)9-25/h1-2,5-8,19H,3-4,9-10H2. The van der Waals surface area contributed by atoms with Gasteiger partial charge in [-0.25, -0.2) is 13.2 Å². The van der Waals surface area contributed by atoms with Crippen molar-refractivity contribution in [1.29, 1.82) is 0 Å². The van der Waals surface area contributed by atoms with Gasteiger partial charge in [0.25, 0.3) is 6.43 Å². The summed E-state index contributed by atoms with van der Waals surface area (Å²) >= 11 is 0. The Morgan fingerprint density at radius 2 is 2.00 bits per heavy atom. The molecular formula is C19H15F3N4O2. The summed E-state index contributed by atoms with van der Waals surface area (Å²) in [5.74, 6) is -1.18. The zero-order chi connectivity index (χ0) is 19.8. The molecule has 0 spiro atoms. The number of fused-ring (bicyclic) bond motifs is 1. The lowest BCUT2D eigenvalue weighted by atomic mass is 10.0. The number of rotatable bonds is 4. The van der Waals surface area contributed by atoms with Crippen LogP contribution in [0.4, 0.5) is 13.2 Å². The van der Waals surface area contributed by atoms with E-state index in [1.807, 2.05) is 0 Å². The highest BCUT2D eigenvalue weighted by Crippen LogP contribution is 2.29. The Bertz CT molecular complexity index is 1080. The number of ketones is 1. The zero-order valence-corrected chi connectivity index (χ0v) is 14.6. The molecule has 1 aliphatic heterocycles. The third-order valence-corrected chi connectivity index (χ3v) is 4.72. The second-order valence-corrected chi connectivity index (χ2v) is 6.57. The third kappa shape index (κ3) is 3.35. The van der Waals surface area contributed by atoms with Crippen molar-refractivity contribution in [2.45, 2.75) is 19.4 Å². The summed E-state index contributed by atoms with van der Waals surface area (Å²) in [5.41, 5.74) is 1.28. The van der Waals surface area contributed by atoms with Crippen LogP contribution in [-0.2, 0) is 16.1 Å². The van der Waals surface area contributed by atoms with Crippen molar-refractivity contribution in [3.63, 3.8) is 0 Å². The number of likely N-dealkylation sites (tertiary alicyclic amines) is 1. The SMILES string of the molecule is O=C1CCN(C(=O)Cn2ncc3ncc(-c4ccc(F)c(C(F)F)c4)cc32)C1. The average Bonchev–Trinajstić information content (AvgIpc) is 3.28. The van der Waals surface area contributed by atoms with Gasteiger partial charge in [0.2, 0.25) is 5.91 Å². The number of alkyl halides is 2. The van der Waals surface area contributed by atoms with Gasteiger partial charge in [-0.2, -0.15) is 5.10 Å². The third-order valence-electron chi connectivity index (χ3n) is 4.72. The van der Waals surface area contributed by atoms with Gasteiger partial charge in [-0.15, -0.1) is 0 Å². The number of carbonyl (C=O) groups excluding carboxylic acids is 2. The van der Waals surface area contributed by atoms with Crippen LogP contribution in [0.1, 0.15) is 18.4 Å². The molecule has 3 aromatic rings. The molecule has 0 radical (unpaired) electrons. The highest BCUT2D eigenvalue weighted by Gasteiger charge is 2.24. The number of hydrogen-bond donors (Lipinski definition) is 0. The Morgan fingerprint density at radius 1 is 1.18 bits per heavy atom. The van der Waals surface area contributed by atoms with Gasteiger partial charge in [-0.1, -0.05) is 6.07 Å². The molecule has 0 aliphatic carbocycles. The molecule has 3 heterocycles. The maximum Gasteiger partial charge on any atom is 0.266 e. The van der Waals surface area contributed by atoms with Gasteiger partial charge in [0.15, 0.2) is 5.78 Å². The maximum absolute atomic E-state index is 13.5. The normalized spacial score (nSPS) is 14.4. The van der Waals surface area contributed by atoms with Crippen LogP contribution in [0.5, 0.6) is 0 Å². The van der Waals surface area contributed by atoms with Crippen molar-refractivity contribution in [3.05, 3.63) is 48.0 Å². The molecule has 2 aromatic heterocycles. The van der Waals surface area contributed by atoms with Gasteiger partial charge >= 0.3 is 0 Å². The summed E-state index contributed by atoms with van der Waals surface area (Å²) in [7, 11) is 0. The van der Waals surface area contributed by atoms with Gasteiger partial charge in [-0.3, -0.25) is 19.3 Å². The van der Waals surface area contributed by atoms with Crippen molar-refractivity contribution in [3.8, 4) is 11.1 Å². The van der Waals surface area contributed by atoms with Crippen molar-refractivity contribution >= 4 is 22.7 Å². The average molecular weight is 388 g/mol. The molecule has 0 N–H and O–H groups in total. The highest BCUT2D eigenvalue weighted by molar-refractivity contribution is 5.90. The molecule has 9 heteroatoms. The number of amides is 1. The van der Waals surface area contributed by atoms with Crippen molar-refractivity contribution in [2.75, 3.05) is 13.1 Å². The van der Waals surface area contributed by atoms with Crippen LogP contribution in [0.25, 0.3) is 22.2 Å². The number of Topliss-reactive ketones (excluding diaryl/α,β-unsaturated/α-hetero) is 1. The van der Waals surface area contributed by atoms with Crippen molar-refractivity contribution in [1.82, 2.24) is 19.7 Å². The lowest BCUT2D eigenvalue weighted by Gasteiger charge is -2.14. The van der Waals surface area contributed by atoms with Crippen LogP contribution in [0, 0.1) is 5.82 Å². The van der Waals surface area contributed by atoms with Crippen LogP contribution in [0.15, 0.2) is 36.7 Å². The molecule has 1 aromatic carbocycles. The van der Waals surface area contributed by atoms with Crippen LogP contribution in [-0.4, -0.2) is 44.4 Å². The molecule has 0 saturated carbocycles. The molecule has 1 saturated heterocycles. The zero-order valence-electron chi connectivity index (χ0n) is 14.6. The molecular weight excluding hydrogens is 373 g/mol. The van der Waals surface area contributed by atoms with E-state index in [1.54, 1.807) is 6.07 Å². The Balaban J connectivity index is 1.66. The van der Waals surface area contributed by atoms with Crippen molar-refractivity contribution < 1.29 is 22.8 Å². The maximum atomic E-state index is 13.5. The fraction of sp³-hybridized carbons (Fsp3) is 0.263. The first-order chi connectivity index (χ1) is 13.4. The lowest BCUT2D eigenvalue weighted by Crippen LogP contribution is -2.32. The van der Waals surface area contributed by atoms with Crippen molar-refractivity contribution in [2.24, 2.45) is 0 Å². The lowest BCUT2D eigenvalue weighted by molar-refractivity contribution is -0.132. The molecule has 0 unspecified atom stereocenters. The first kappa shape index (κ1) is 18.1. The fourth-order valence-corrected chi connectivity index (χ4v) is 3.20. The summed E-state index contributed by atoms with van der Waals surface area (Å²) in [4.78, 5) is 29.5. The van der Waals surface area contributed by atoms with Crippen LogP contribution in [0.3, 0.4) is 0 Å². The summed E-state index contributed by atoms with van der Waals surface area (Å²) in [6.45, 7) is 0.438. The largest absolute Gasteiger partial charge is 0.333 e. The van der Waals surface area contributed by atoms with Crippen LogP contribution >= 0.6 is 0 Å². The number of aromatic nitrogens is 3. The Labute approximate surface area is 157 Å². The quantitative estimate of drug-likeness (QED) is 0.689. The minimum Gasteiger partial charge on any atom is -0.333 e. The predicted molar refractivity (Wildman–Crippen MR) is 94.1 cm³/mol. The van der Waals surface area contributed by atoms with E-state index < -0.39 is 17.8 Å². The molecule has 28 heavy (non-hydrogen) atoms. The van der Waals surface area contributed by atoms with E-state index in [0.717, 1.165) is 12.1 Å². The topological polar surface area (TPSA) is 68.1 Å². The fourth-order valence-electron chi connectivity index (χ4n) is 3.20. The van der Waals surface area contributed by atoms with Gasteiger partial charge in [0, 0.05) is 24.7 Å². The van der Waals surface area contributed by atoms with E-state index in [9.17, 15) is 22.8 Å². The molecule has 144 valence electrons. The number of carbonyl (C=O) groups is 2. The Kier molecular flexibility index (Phi) is 4.58. The summed E-state index contributed by atoms with van der Waals surface area (Å²) in [6.07, 6.45) is 0.408. The number of hydrogen-bond acceptors (Lipinski definition) is 4. The summed E-state index contributed by atoms with van der Waals surface area (Å²) in [5, 5.41) is 4.16. The Hall–Kier alpha value is -3.23. The molecule has 0 bridgehead atoms. The molecule has 6 nitrogen and oxygen atoms in total. The summed E-state index contributed by atoms with van der Waals surface area (Å²) in [6, 6.07) is 5.14. The first-order valence-electron chi connectivity index (χ1n) is 8.61. The first-order valence-corrected chi connectivity index (χ1v) is 8.61.